The third kappa shape index (κ3) is 16.3. The zero-order valence-corrected chi connectivity index (χ0v) is 41.8. The first-order valence-corrected chi connectivity index (χ1v) is 23.7. The highest BCUT2D eigenvalue weighted by molar-refractivity contribution is 5.90. The number of nitrogens with one attached hydrogen (secondary N) is 1. The molecule has 0 bridgehead atoms. The third-order valence-electron chi connectivity index (χ3n) is 13.4. The Morgan fingerprint density at radius 1 is 0.844 bits per heavy atom. The van der Waals surface area contributed by atoms with Crippen molar-refractivity contribution in [3.8, 4) is 0 Å². The number of nitrogens with zero attached hydrogens (tertiary/aromatic N) is 3. The molecule has 10 atom stereocenters. The number of amides is 3. The molecular weight excluding hydrogens is 815 g/mol. The summed E-state index contributed by atoms with van der Waals surface area (Å²) in [5.74, 6) is -3.05. The lowest BCUT2D eigenvalue weighted by Gasteiger charge is -2.41. The molecule has 3 N–H and O–H groups in total. The van der Waals surface area contributed by atoms with Gasteiger partial charge in [-0.2, -0.15) is 0 Å². The van der Waals surface area contributed by atoms with E-state index in [9.17, 15) is 28.8 Å². The minimum atomic E-state index is -0.713. The summed E-state index contributed by atoms with van der Waals surface area (Å²) in [5.41, 5.74) is 6.80. The molecule has 3 amide bonds. The summed E-state index contributed by atoms with van der Waals surface area (Å²) < 4.78 is 17.4. The van der Waals surface area contributed by atoms with Crippen molar-refractivity contribution in [1.82, 2.24) is 20.0 Å². The Kier molecular flexibility index (Phi) is 24.4. The average Bonchev–Trinajstić information content (AvgIpc) is 3.73. The van der Waals surface area contributed by atoms with Crippen molar-refractivity contribution in [2.24, 2.45) is 47.2 Å². The van der Waals surface area contributed by atoms with Gasteiger partial charge in [0.25, 0.3) is 0 Å². The average molecular weight is 900 g/mol. The minimum absolute atomic E-state index is 0.0166. The lowest BCUT2D eigenvalue weighted by atomic mass is 9.83. The first kappa shape index (κ1) is 56.4. The van der Waals surface area contributed by atoms with Crippen molar-refractivity contribution in [2.75, 3.05) is 55.1 Å². The fourth-order valence-corrected chi connectivity index (χ4v) is 9.36. The van der Waals surface area contributed by atoms with Gasteiger partial charge < -0.3 is 35.1 Å². The number of hydrogen-bond donors (Lipinski definition) is 2. The van der Waals surface area contributed by atoms with Crippen molar-refractivity contribution in [3.05, 3.63) is 35.9 Å². The molecule has 14 nitrogen and oxygen atoms in total. The maximum absolute atomic E-state index is 14.4. The number of carbonyl (C=O) groups is 6. The van der Waals surface area contributed by atoms with Gasteiger partial charge in [-0.25, -0.2) is 0 Å². The number of ketones is 2. The fraction of sp³-hybridized carbons (Fsp3) is 0.760. The summed E-state index contributed by atoms with van der Waals surface area (Å²) in [6, 6.07) is 7.70. The van der Waals surface area contributed by atoms with E-state index in [2.05, 4.69) is 19.2 Å². The first-order chi connectivity index (χ1) is 30.1. The maximum atomic E-state index is 14.4. The van der Waals surface area contributed by atoms with Crippen molar-refractivity contribution in [2.45, 2.75) is 150 Å². The summed E-state index contributed by atoms with van der Waals surface area (Å²) in [6.45, 7) is 18.4. The Bertz CT molecular complexity index is 1610. The molecule has 1 fully saturated rings. The molecule has 2 rings (SSSR count). The van der Waals surface area contributed by atoms with Crippen LogP contribution in [0.25, 0.3) is 0 Å². The molecule has 0 aliphatic carbocycles. The summed E-state index contributed by atoms with van der Waals surface area (Å²) in [5, 5.41) is 2.93. The summed E-state index contributed by atoms with van der Waals surface area (Å²) >= 11 is 0. The van der Waals surface area contributed by atoms with Crippen molar-refractivity contribution >= 4 is 35.3 Å². The highest BCUT2D eigenvalue weighted by Gasteiger charge is 2.43. The molecule has 1 aliphatic rings. The van der Waals surface area contributed by atoms with Crippen LogP contribution in [0.1, 0.15) is 113 Å². The Morgan fingerprint density at radius 2 is 1.48 bits per heavy atom. The molecule has 1 aromatic rings. The molecule has 364 valence electrons. The van der Waals surface area contributed by atoms with Gasteiger partial charge in [-0.05, 0) is 69.0 Å². The topological polar surface area (TPSA) is 178 Å². The molecule has 14 heteroatoms. The lowest BCUT2D eigenvalue weighted by Crippen LogP contribution is -2.54. The molecule has 1 saturated heterocycles. The standard InChI is InChI=1S/C50H85N5O9/c1-15-34(8)46(54(12)49(60)38(31(2)3)29-41(57)45(33(6)7)53(10)11)42(62-13)30-43(58)55-25-19-23-39(55)47(63-14)35(9)40(56)28-37(27-36-21-17-16-18-22-36)48(59)52-24-20-26-64-50(61)44(51)32(4)5/h16-18,21-22,31-35,37-39,42,44-47H,15,19-20,23-30,51H2,1-14H3,(H,52,59)/t34-,35-,37+,38-,39-,42+,44-,45-,46-,47+/m0/s1. The number of Topliss-reactive ketones (excluding diaryl/α,β-unsaturated/α-hetero) is 2. The van der Waals surface area contributed by atoms with Gasteiger partial charge in [0, 0.05) is 65.0 Å². The van der Waals surface area contributed by atoms with Crippen LogP contribution in [0.3, 0.4) is 0 Å². The van der Waals surface area contributed by atoms with Crippen LogP contribution in [-0.2, 0) is 49.4 Å². The number of likely N-dealkylation sites (N-methyl/N-ethyl adjacent to an activating group) is 2. The van der Waals surface area contributed by atoms with Gasteiger partial charge in [-0.15, -0.1) is 0 Å². The number of rotatable bonds is 29. The number of likely N-dealkylation sites (tertiary alicyclic amines) is 1. The van der Waals surface area contributed by atoms with E-state index in [1.165, 1.54) is 0 Å². The van der Waals surface area contributed by atoms with Gasteiger partial charge in [-0.1, -0.05) is 99.1 Å². The van der Waals surface area contributed by atoms with E-state index in [1.807, 2.05) is 90.9 Å². The predicted octanol–water partition coefficient (Wildman–Crippen LogP) is 5.58. The number of hydrogen-bond acceptors (Lipinski definition) is 11. The predicted molar refractivity (Wildman–Crippen MR) is 251 cm³/mol. The highest BCUT2D eigenvalue weighted by Crippen LogP contribution is 2.32. The number of methoxy groups -OCH3 is 2. The summed E-state index contributed by atoms with van der Waals surface area (Å²) in [6.07, 6.45) is 1.72. The number of benzene rings is 1. The quantitative estimate of drug-likeness (QED) is 0.0759. The molecule has 0 saturated carbocycles. The SMILES string of the molecule is CC[C@H](C)[C@@H]([C@@H](CC(=O)N1CCC[C@H]1[C@H](OC)[C@@H](C)C(=O)C[C@@H](Cc1ccccc1)C(=O)NCCCOC(=O)[C@@H](N)C(C)C)OC)N(C)C(=O)[C@@H](CC(=O)[C@H](C(C)C)N(C)C)C(C)C. The molecule has 1 heterocycles. The van der Waals surface area contributed by atoms with Crippen LogP contribution < -0.4 is 11.1 Å². The van der Waals surface area contributed by atoms with Gasteiger partial charge in [0.2, 0.25) is 17.7 Å². The minimum Gasteiger partial charge on any atom is -0.464 e. The van der Waals surface area contributed by atoms with E-state index < -0.39 is 48.0 Å². The number of ether oxygens (including phenoxy) is 3. The van der Waals surface area contributed by atoms with Gasteiger partial charge in [0.15, 0.2) is 5.78 Å². The van der Waals surface area contributed by atoms with E-state index in [1.54, 1.807) is 38.0 Å². The highest BCUT2D eigenvalue weighted by atomic mass is 16.5. The van der Waals surface area contributed by atoms with Crippen LogP contribution in [0, 0.1) is 41.4 Å². The Balaban J connectivity index is 2.25. The second-order valence-electron chi connectivity index (χ2n) is 19.4. The zero-order chi connectivity index (χ0) is 48.4. The molecule has 0 unspecified atom stereocenters. The monoisotopic (exact) mass is 900 g/mol. The number of carbonyl (C=O) groups excluding carboxylic acids is 6. The second kappa shape index (κ2) is 27.7. The van der Waals surface area contributed by atoms with Gasteiger partial charge in [0.1, 0.15) is 11.8 Å². The van der Waals surface area contributed by atoms with Gasteiger partial charge in [0.05, 0.1) is 43.4 Å². The van der Waals surface area contributed by atoms with E-state index >= 15 is 0 Å². The lowest BCUT2D eigenvalue weighted by molar-refractivity contribution is -0.149. The van der Waals surface area contributed by atoms with Crippen LogP contribution in [-0.4, -0.2) is 141 Å². The summed E-state index contributed by atoms with van der Waals surface area (Å²) in [4.78, 5) is 87.9. The van der Waals surface area contributed by atoms with Crippen LogP contribution in [0.5, 0.6) is 0 Å². The molecule has 64 heavy (non-hydrogen) atoms. The zero-order valence-electron chi connectivity index (χ0n) is 41.8. The molecule has 1 aromatic carbocycles. The van der Waals surface area contributed by atoms with Gasteiger partial charge >= 0.3 is 5.97 Å². The molecular formula is C50H85N5O9. The van der Waals surface area contributed by atoms with Crippen LogP contribution in [0.4, 0.5) is 0 Å². The first-order valence-electron chi connectivity index (χ1n) is 23.7. The van der Waals surface area contributed by atoms with Crippen molar-refractivity contribution < 1.29 is 43.0 Å². The fourth-order valence-electron chi connectivity index (χ4n) is 9.36. The normalized spacial score (nSPS) is 18.5. The van der Waals surface area contributed by atoms with Crippen molar-refractivity contribution in [3.63, 3.8) is 0 Å². The van der Waals surface area contributed by atoms with Crippen LogP contribution in [0.15, 0.2) is 30.3 Å². The summed E-state index contributed by atoms with van der Waals surface area (Å²) in [7, 11) is 8.67. The van der Waals surface area contributed by atoms with E-state index in [4.69, 9.17) is 19.9 Å². The molecule has 0 radical (unpaired) electrons. The third-order valence-corrected chi connectivity index (χ3v) is 13.4. The molecule has 0 aromatic heterocycles. The van der Waals surface area contributed by atoms with E-state index in [-0.39, 0.29) is 97.5 Å². The number of esters is 1. The molecule has 0 spiro atoms. The second-order valence-corrected chi connectivity index (χ2v) is 19.4. The largest absolute Gasteiger partial charge is 0.464 e. The Hall–Kier alpha value is -3.72. The maximum Gasteiger partial charge on any atom is 0.323 e. The van der Waals surface area contributed by atoms with Crippen LogP contribution in [0.2, 0.25) is 0 Å². The smallest absolute Gasteiger partial charge is 0.323 e. The number of nitrogens with two attached hydrogens (primary N) is 1. The van der Waals surface area contributed by atoms with Crippen molar-refractivity contribution in [1.29, 1.82) is 0 Å². The Labute approximate surface area is 385 Å². The Morgan fingerprint density at radius 3 is 2.02 bits per heavy atom. The van der Waals surface area contributed by atoms with Crippen LogP contribution >= 0.6 is 0 Å². The van der Waals surface area contributed by atoms with E-state index in [0.717, 1.165) is 18.4 Å². The van der Waals surface area contributed by atoms with E-state index in [0.29, 0.717) is 25.8 Å². The molecule has 1 aliphatic heterocycles. The van der Waals surface area contributed by atoms with Gasteiger partial charge in [-0.3, -0.25) is 33.7 Å².